The SMILES string of the molecule is ClCC[SiH]1CCCC1. The lowest BCUT2D eigenvalue weighted by Crippen LogP contribution is -2.04. The van der Waals surface area contributed by atoms with Gasteiger partial charge in [-0.3, -0.25) is 0 Å². The molecule has 0 radical (unpaired) electrons. The van der Waals surface area contributed by atoms with Gasteiger partial charge in [-0.15, -0.1) is 11.6 Å². The lowest BCUT2D eigenvalue weighted by molar-refractivity contribution is 0.935. The van der Waals surface area contributed by atoms with Crippen molar-refractivity contribution < 1.29 is 0 Å². The van der Waals surface area contributed by atoms with E-state index in [9.17, 15) is 0 Å². The van der Waals surface area contributed by atoms with Gasteiger partial charge in [0.2, 0.25) is 0 Å². The summed E-state index contributed by atoms with van der Waals surface area (Å²) in [5, 5.41) is 0. The molecule has 1 heterocycles. The van der Waals surface area contributed by atoms with Crippen molar-refractivity contribution in [3.8, 4) is 0 Å². The van der Waals surface area contributed by atoms with Crippen molar-refractivity contribution in [1.29, 1.82) is 0 Å². The fourth-order valence-corrected chi connectivity index (χ4v) is 5.29. The van der Waals surface area contributed by atoms with Crippen LogP contribution in [0.1, 0.15) is 12.8 Å². The third-order valence-corrected chi connectivity index (χ3v) is 6.13. The maximum atomic E-state index is 5.62. The van der Waals surface area contributed by atoms with Crippen molar-refractivity contribution in [2.45, 2.75) is 31.0 Å². The summed E-state index contributed by atoms with van der Waals surface area (Å²) in [5.41, 5.74) is 0. The minimum atomic E-state index is -0.213. The average Bonchev–Trinajstić information content (AvgIpc) is 2.19. The van der Waals surface area contributed by atoms with Gasteiger partial charge < -0.3 is 0 Å². The first-order valence-electron chi connectivity index (χ1n) is 3.49. The van der Waals surface area contributed by atoms with Gasteiger partial charge in [0.25, 0.3) is 0 Å². The fraction of sp³-hybridized carbons (Fsp3) is 1.00. The Kier molecular flexibility index (Phi) is 2.91. The van der Waals surface area contributed by atoms with Gasteiger partial charge in [-0.1, -0.05) is 24.9 Å². The first kappa shape index (κ1) is 6.62. The van der Waals surface area contributed by atoms with E-state index < -0.39 is 0 Å². The van der Waals surface area contributed by atoms with E-state index in [1.165, 1.54) is 18.9 Å². The van der Waals surface area contributed by atoms with Crippen LogP contribution in [-0.4, -0.2) is 14.7 Å². The van der Waals surface area contributed by atoms with Gasteiger partial charge >= 0.3 is 0 Å². The number of rotatable bonds is 2. The molecule has 1 saturated heterocycles. The topological polar surface area (TPSA) is 0 Å². The molecule has 0 bridgehead atoms. The zero-order chi connectivity index (χ0) is 5.82. The van der Waals surface area contributed by atoms with E-state index in [-0.39, 0.29) is 8.80 Å². The van der Waals surface area contributed by atoms with Gasteiger partial charge in [-0.2, -0.15) is 0 Å². The van der Waals surface area contributed by atoms with E-state index in [0.29, 0.717) is 0 Å². The molecule has 1 fully saturated rings. The summed E-state index contributed by atoms with van der Waals surface area (Å²) in [7, 11) is -0.213. The van der Waals surface area contributed by atoms with Crippen molar-refractivity contribution in [3.05, 3.63) is 0 Å². The Hall–Kier alpha value is 0.507. The second-order valence-electron chi connectivity index (χ2n) is 2.63. The number of hydrogen-bond acceptors (Lipinski definition) is 0. The van der Waals surface area contributed by atoms with Crippen molar-refractivity contribution in [2.75, 3.05) is 5.88 Å². The smallest absolute Gasteiger partial charge is 0.0379 e. The van der Waals surface area contributed by atoms with Gasteiger partial charge in [-0.25, -0.2) is 0 Å². The Morgan fingerprint density at radius 2 is 1.88 bits per heavy atom. The van der Waals surface area contributed by atoms with Crippen LogP contribution < -0.4 is 0 Å². The first-order valence-corrected chi connectivity index (χ1v) is 6.48. The molecule has 1 aliphatic rings. The Labute approximate surface area is 57.8 Å². The monoisotopic (exact) mass is 148 g/mol. The molecular formula is C6H13ClSi. The zero-order valence-electron chi connectivity index (χ0n) is 5.20. The molecule has 0 nitrogen and oxygen atoms in total. The molecule has 1 aliphatic heterocycles. The summed E-state index contributed by atoms with van der Waals surface area (Å²) in [6.07, 6.45) is 3.02. The van der Waals surface area contributed by atoms with Crippen molar-refractivity contribution in [2.24, 2.45) is 0 Å². The molecule has 0 aromatic heterocycles. The molecule has 2 heteroatoms. The van der Waals surface area contributed by atoms with Crippen molar-refractivity contribution in [3.63, 3.8) is 0 Å². The van der Waals surface area contributed by atoms with E-state index in [4.69, 9.17) is 11.6 Å². The normalized spacial score (nSPS) is 22.1. The van der Waals surface area contributed by atoms with E-state index in [2.05, 4.69) is 0 Å². The van der Waals surface area contributed by atoms with Crippen LogP contribution in [0.2, 0.25) is 18.1 Å². The summed E-state index contributed by atoms with van der Waals surface area (Å²) in [6, 6.07) is 4.54. The maximum Gasteiger partial charge on any atom is 0.0379 e. The molecule has 8 heavy (non-hydrogen) atoms. The second-order valence-corrected chi connectivity index (χ2v) is 6.47. The van der Waals surface area contributed by atoms with Crippen molar-refractivity contribution >= 4 is 20.4 Å². The highest BCUT2D eigenvalue weighted by atomic mass is 35.5. The summed E-state index contributed by atoms with van der Waals surface area (Å²) in [6.45, 7) is 0. The predicted molar refractivity (Wildman–Crippen MR) is 41.5 cm³/mol. The molecule has 48 valence electrons. The fourth-order valence-electron chi connectivity index (χ4n) is 1.45. The Balaban J connectivity index is 2.06. The minimum absolute atomic E-state index is 0.213. The van der Waals surface area contributed by atoms with Crippen LogP contribution in [0.25, 0.3) is 0 Å². The highest BCUT2D eigenvalue weighted by Crippen LogP contribution is 2.21. The largest absolute Gasteiger partial charge is 0.127 e. The Bertz CT molecular complexity index is 59.5. The molecule has 0 amide bonds. The predicted octanol–water partition coefficient (Wildman–Crippen LogP) is 2.25. The van der Waals surface area contributed by atoms with Gasteiger partial charge in [-0.05, 0) is 6.04 Å². The number of halogens is 1. The molecule has 0 saturated carbocycles. The molecule has 0 N–H and O–H groups in total. The minimum Gasteiger partial charge on any atom is -0.127 e. The lowest BCUT2D eigenvalue weighted by atomic mass is 10.4. The molecule has 0 aromatic rings. The molecule has 0 unspecified atom stereocenters. The molecule has 0 spiro atoms. The first-order chi connectivity index (χ1) is 3.93. The van der Waals surface area contributed by atoms with Gasteiger partial charge in [0.05, 0.1) is 0 Å². The van der Waals surface area contributed by atoms with E-state index in [1.54, 1.807) is 12.1 Å². The third-order valence-electron chi connectivity index (χ3n) is 1.99. The van der Waals surface area contributed by atoms with Crippen LogP contribution in [0.4, 0.5) is 0 Å². The maximum absolute atomic E-state index is 5.62. The average molecular weight is 149 g/mol. The zero-order valence-corrected chi connectivity index (χ0v) is 7.11. The number of hydrogen-bond donors (Lipinski definition) is 0. The summed E-state index contributed by atoms with van der Waals surface area (Å²) in [5.74, 6) is 0.927. The molecule has 0 atom stereocenters. The quantitative estimate of drug-likeness (QED) is 0.416. The van der Waals surface area contributed by atoms with Crippen LogP contribution in [0.3, 0.4) is 0 Å². The Morgan fingerprint density at radius 1 is 1.25 bits per heavy atom. The summed E-state index contributed by atoms with van der Waals surface area (Å²) in [4.78, 5) is 0. The van der Waals surface area contributed by atoms with E-state index >= 15 is 0 Å². The standard InChI is InChI=1S/C6H13ClSi/c7-3-6-8-4-1-2-5-8/h8H,1-6H2. The molecule has 0 aliphatic carbocycles. The van der Waals surface area contributed by atoms with Crippen LogP contribution in [0, 0.1) is 0 Å². The van der Waals surface area contributed by atoms with Gasteiger partial charge in [0.15, 0.2) is 0 Å². The molecule has 0 aromatic carbocycles. The highest BCUT2D eigenvalue weighted by molar-refractivity contribution is 6.60. The molecular weight excluding hydrogens is 136 g/mol. The van der Waals surface area contributed by atoms with Gasteiger partial charge in [0.1, 0.15) is 0 Å². The number of alkyl halides is 1. The van der Waals surface area contributed by atoms with E-state index in [1.807, 2.05) is 0 Å². The third kappa shape index (κ3) is 1.79. The molecule has 1 rings (SSSR count). The van der Waals surface area contributed by atoms with Crippen LogP contribution in [-0.2, 0) is 0 Å². The lowest BCUT2D eigenvalue weighted by Gasteiger charge is -2.00. The summed E-state index contributed by atoms with van der Waals surface area (Å²) < 4.78 is 0. The van der Waals surface area contributed by atoms with Crippen LogP contribution in [0.5, 0.6) is 0 Å². The highest BCUT2D eigenvalue weighted by Gasteiger charge is 2.14. The summed E-state index contributed by atoms with van der Waals surface area (Å²) >= 11 is 5.62. The van der Waals surface area contributed by atoms with Crippen molar-refractivity contribution in [1.82, 2.24) is 0 Å². The van der Waals surface area contributed by atoms with Crippen LogP contribution >= 0.6 is 11.6 Å². The van der Waals surface area contributed by atoms with Crippen LogP contribution in [0.15, 0.2) is 0 Å². The van der Waals surface area contributed by atoms with Gasteiger partial charge in [0, 0.05) is 14.7 Å². The Morgan fingerprint density at radius 3 is 2.38 bits per heavy atom. The second kappa shape index (κ2) is 3.52. The van der Waals surface area contributed by atoms with E-state index in [0.717, 1.165) is 5.88 Å².